The van der Waals surface area contributed by atoms with Crippen LogP contribution in [0.15, 0.2) is 60.7 Å². The summed E-state index contributed by atoms with van der Waals surface area (Å²) in [6.45, 7) is -6.34. The van der Waals surface area contributed by atoms with Gasteiger partial charge in [-0.05, 0) is 11.1 Å². The number of halogens is 4. The molecule has 1 nitrogen and oxygen atoms in total. The van der Waals surface area contributed by atoms with Crippen LogP contribution in [-0.4, -0.2) is 13.9 Å². The predicted molar refractivity (Wildman–Crippen MR) is 95.7 cm³/mol. The summed E-state index contributed by atoms with van der Waals surface area (Å²) >= 11 is 25.9. The van der Waals surface area contributed by atoms with Crippen LogP contribution in [0.3, 0.4) is 0 Å². The molecule has 1 heterocycles. The molecule has 2 aromatic rings. The summed E-state index contributed by atoms with van der Waals surface area (Å²) in [6, 6.07) is 19.3. The Balaban J connectivity index is 2.30. The molecule has 2 aromatic carbocycles. The van der Waals surface area contributed by atoms with E-state index in [4.69, 9.17) is 48.4 Å². The Morgan fingerprint density at radius 3 is 1.24 bits per heavy atom. The van der Waals surface area contributed by atoms with Gasteiger partial charge in [0.25, 0.3) is 0 Å². The molecule has 7 heteroatoms. The zero-order valence-corrected chi connectivity index (χ0v) is 15.7. The summed E-state index contributed by atoms with van der Waals surface area (Å²) in [7, 11) is 0. The molecule has 0 spiro atoms. The van der Waals surface area contributed by atoms with E-state index in [-0.39, 0.29) is 0 Å². The van der Waals surface area contributed by atoms with Gasteiger partial charge in [0.1, 0.15) is 0 Å². The first kappa shape index (κ1) is 15.6. The molecule has 0 fully saturated rings. The van der Waals surface area contributed by atoms with Crippen molar-refractivity contribution < 1.29 is 4.12 Å². The van der Waals surface area contributed by atoms with Crippen molar-refractivity contribution >= 4 is 68.6 Å². The summed E-state index contributed by atoms with van der Waals surface area (Å²) < 4.78 is 5.74. The topological polar surface area (TPSA) is 9.23 Å². The van der Waals surface area contributed by atoms with E-state index in [2.05, 4.69) is 0 Å². The Kier molecular flexibility index (Phi) is 4.27. The quantitative estimate of drug-likeness (QED) is 0.482. The van der Waals surface area contributed by atoms with Crippen LogP contribution >= 0.6 is 44.3 Å². The fourth-order valence-electron chi connectivity index (χ4n) is 2.39. The minimum atomic E-state index is -3.17. The zero-order chi connectivity index (χ0) is 15.1. The van der Waals surface area contributed by atoms with Crippen molar-refractivity contribution in [2.45, 2.75) is 0 Å². The van der Waals surface area contributed by atoms with Gasteiger partial charge in [-0.3, -0.25) is 0 Å². The highest BCUT2D eigenvalue weighted by atomic mass is 35.7. The van der Waals surface area contributed by atoms with Gasteiger partial charge < -0.3 is 4.12 Å². The summed E-state index contributed by atoms with van der Waals surface area (Å²) in [5.41, 5.74) is 1.81. The van der Waals surface area contributed by atoms with Gasteiger partial charge in [-0.2, -0.15) is 0 Å². The standard InChI is InChI=1S/C14H10Cl4OSi2/c15-20(16)13(11-7-3-1-4-8-11)14(21(17,18)19-20)12-9-5-2-6-10-12/h1-10H. The lowest BCUT2D eigenvalue weighted by Gasteiger charge is -2.16. The molecule has 0 aliphatic carbocycles. The highest BCUT2D eigenvalue weighted by Crippen LogP contribution is 2.53. The van der Waals surface area contributed by atoms with E-state index in [1.165, 1.54) is 0 Å². The van der Waals surface area contributed by atoms with Crippen LogP contribution in [0.1, 0.15) is 11.1 Å². The van der Waals surface area contributed by atoms with E-state index in [0.29, 0.717) is 0 Å². The average molecular weight is 392 g/mol. The van der Waals surface area contributed by atoms with Crippen molar-refractivity contribution in [3.8, 4) is 0 Å². The van der Waals surface area contributed by atoms with E-state index >= 15 is 0 Å². The Morgan fingerprint density at radius 2 is 0.905 bits per heavy atom. The zero-order valence-electron chi connectivity index (χ0n) is 10.7. The highest BCUT2D eigenvalue weighted by Gasteiger charge is 2.58. The van der Waals surface area contributed by atoms with Gasteiger partial charge in [0.05, 0.1) is 0 Å². The van der Waals surface area contributed by atoms with E-state index in [9.17, 15) is 0 Å². The van der Waals surface area contributed by atoms with Crippen molar-refractivity contribution in [1.82, 2.24) is 0 Å². The van der Waals surface area contributed by atoms with Crippen LogP contribution in [-0.2, 0) is 4.12 Å². The molecule has 1 aliphatic rings. The van der Waals surface area contributed by atoms with Gasteiger partial charge in [-0.25, -0.2) is 0 Å². The maximum Gasteiger partial charge on any atom is 0.415 e. The molecular weight excluding hydrogens is 382 g/mol. The molecule has 0 aromatic heterocycles. The van der Waals surface area contributed by atoms with Crippen molar-refractivity contribution in [3.63, 3.8) is 0 Å². The average Bonchev–Trinajstić information content (AvgIpc) is 2.64. The van der Waals surface area contributed by atoms with Gasteiger partial charge >= 0.3 is 13.9 Å². The normalized spacial score (nSPS) is 19.8. The molecule has 0 saturated carbocycles. The first-order chi connectivity index (χ1) is 9.92. The second-order valence-electron chi connectivity index (χ2n) is 4.62. The maximum absolute atomic E-state index is 6.49. The molecule has 0 radical (unpaired) electrons. The molecule has 0 N–H and O–H groups in total. The Morgan fingerprint density at radius 1 is 0.571 bits per heavy atom. The van der Waals surface area contributed by atoms with Crippen LogP contribution in [0.2, 0.25) is 0 Å². The number of rotatable bonds is 2. The fraction of sp³-hybridized carbons (Fsp3) is 0. The largest absolute Gasteiger partial charge is 0.415 e. The van der Waals surface area contributed by atoms with Gasteiger partial charge in [-0.15, -0.1) is 44.3 Å². The minimum absolute atomic E-state index is 0.759. The molecule has 108 valence electrons. The smallest absolute Gasteiger partial charge is 0.404 e. The van der Waals surface area contributed by atoms with Crippen molar-refractivity contribution in [1.29, 1.82) is 0 Å². The van der Waals surface area contributed by atoms with Crippen LogP contribution in [0, 0.1) is 0 Å². The first-order valence-corrected chi connectivity index (χ1v) is 14.1. The predicted octanol–water partition coefficient (Wildman–Crippen LogP) is 5.54. The van der Waals surface area contributed by atoms with Crippen LogP contribution in [0.4, 0.5) is 0 Å². The highest BCUT2D eigenvalue weighted by molar-refractivity contribution is 7.62. The lowest BCUT2D eigenvalue weighted by atomic mass is 10.1. The molecule has 0 saturated heterocycles. The summed E-state index contributed by atoms with van der Waals surface area (Å²) in [5, 5.41) is 1.52. The van der Waals surface area contributed by atoms with Crippen LogP contribution in [0.25, 0.3) is 10.4 Å². The second kappa shape index (κ2) is 5.74. The molecular formula is C14H10Cl4OSi2. The van der Waals surface area contributed by atoms with E-state index < -0.39 is 13.9 Å². The fourth-order valence-corrected chi connectivity index (χ4v) is 16.4. The summed E-state index contributed by atoms with van der Waals surface area (Å²) in [6.07, 6.45) is 0. The molecule has 0 amide bonds. The van der Waals surface area contributed by atoms with E-state index in [0.717, 1.165) is 21.5 Å². The molecule has 1 aliphatic heterocycles. The minimum Gasteiger partial charge on any atom is -0.404 e. The number of hydrogen-bond acceptors (Lipinski definition) is 1. The van der Waals surface area contributed by atoms with Gasteiger partial charge in [0, 0.05) is 10.4 Å². The third kappa shape index (κ3) is 2.97. The van der Waals surface area contributed by atoms with Crippen molar-refractivity contribution in [2.24, 2.45) is 0 Å². The van der Waals surface area contributed by atoms with Gasteiger partial charge in [0.2, 0.25) is 0 Å². The van der Waals surface area contributed by atoms with Crippen LogP contribution in [0.5, 0.6) is 0 Å². The Bertz CT molecular complexity index is 627. The molecule has 21 heavy (non-hydrogen) atoms. The molecule has 0 bridgehead atoms. The lowest BCUT2D eigenvalue weighted by Crippen LogP contribution is -2.31. The Hall–Kier alpha value is -0.266. The van der Waals surface area contributed by atoms with Gasteiger partial charge in [0.15, 0.2) is 0 Å². The summed E-state index contributed by atoms with van der Waals surface area (Å²) in [5.74, 6) is 0. The first-order valence-electron chi connectivity index (χ1n) is 6.24. The van der Waals surface area contributed by atoms with E-state index in [1.54, 1.807) is 0 Å². The molecule has 0 atom stereocenters. The van der Waals surface area contributed by atoms with Gasteiger partial charge in [-0.1, -0.05) is 60.7 Å². The second-order valence-corrected chi connectivity index (χ2v) is 16.0. The third-order valence-corrected chi connectivity index (χ3v) is 12.8. The Labute approximate surface area is 144 Å². The van der Waals surface area contributed by atoms with Crippen molar-refractivity contribution in [2.75, 3.05) is 0 Å². The maximum atomic E-state index is 6.49. The SMILES string of the molecule is Cl[Si]1(Cl)O[Si](Cl)(Cl)C(c2ccccc2)=C1c1ccccc1. The van der Waals surface area contributed by atoms with E-state index in [1.807, 2.05) is 60.7 Å². The molecule has 0 unspecified atom stereocenters. The van der Waals surface area contributed by atoms with Crippen molar-refractivity contribution in [3.05, 3.63) is 71.8 Å². The summed E-state index contributed by atoms with van der Waals surface area (Å²) in [4.78, 5) is 0. The third-order valence-electron chi connectivity index (χ3n) is 3.21. The van der Waals surface area contributed by atoms with Crippen LogP contribution < -0.4 is 0 Å². The molecule has 3 rings (SSSR count). The number of benzene rings is 2. The monoisotopic (exact) mass is 390 g/mol. The number of hydrogen-bond donors (Lipinski definition) is 0. The lowest BCUT2D eigenvalue weighted by molar-refractivity contribution is 0.639.